The molecule has 4 heterocycles. The first-order valence-electron chi connectivity index (χ1n) is 46.1. The van der Waals surface area contributed by atoms with Crippen LogP contribution in [0.1, 0.15) is 439 Å². The standard InChI is InChI=1S/2C12H25NO.C12H26.2C11H25NO.2C10H21NO.2C9H21NO.C5H11.5CH3.6U/c2*1-10(2,3)14-11(4,5)12(6)8-7-9-13-12;1-10(2,3)9-12(7,8)11(4,5)6;2*1-9(2,3)13-11(6,7)10(4,5)12-8;2*1-8(12-10(2,3)4)9-6-5-7-11-9;2*1-7(10-6)8(2)11-9(3,4)5;1-5(2,3)4;;;;;;;;;;;/h2*13H,7-9H2,1-6H3;9H2,1-8H3;2*12H,1-8H3;2*8-9,11H,5-7H2,1-4H3;2*7-8,10H,1-6H3;1H2,2-4H3;5*1H3;;;;;;/q;;;;;;;;;6*-1;;;;;2*+3/t2*12-;;;;2*8-,9+;2*7-,8+;;;;;;;;;;;;/m10...1010............/s1. The molecular weight excluding hydrogens is 2940 g/mol. The molecule has 16 nitrogen and oxygen atoms in total. The first-order chi connectivity index (χ1) is 51.0. The van der Waals surface area contributed by atoms with Crippen LogP contribution >= 0.6 is 0 Å². The molecule has 4 fully saturated rings. The molecule has 4 aliphatic rings. The molecule has 772 valence electrons. The van der Waals surface area contributed by atoms with Crippen LogP contribution in [-0.2, 0) is 37.9 Å². The number of likely N-dealkylation sites (N-methyl/N-ethyl adjacent to an activating group) is 4. The van der Waals surface area contributed by atoms with Crippen molar-refractivity contribution in [2.45, 2.75) is 577 Å². The van der Waals surface area contributed by atoms with Crippen LogP contribution in [0.2, 0.25) is 0 Å². The molecule has 0 saturated carbocycles. The van der Waals surface area contributed by atoms with Crippen LogP contribution in [0, 0.1) is 252 Å². The second-order valence-corrected chi connectivity index (χ2v) is 50.1. The van der Waals surface area contributed by atoms with Gasteiger partial charge in [0.05, 0.1) is 91.6 Å². The number of hydrogen-bond donors (Lipinski definition) is 8. The van der Waals surface area contributed by atoms with Gasteiger partial charge < -0.3 is 124 Å². The summed E-state index contributed by atoms with van der Waals surface area (Å²) in [6, 6.07) is 1.97. The van der Waals surface area contributed by atoms with E-state index in [1.807, 2.05) is 28.2 Å². The quantitative estimate of drug-likeness (QED) is 0.0510. The van der Waals surface area contributed by atoms with Crippen LogP contribution in [0.4, 0.5) is 0 Å². The molecule has 4 rings (SSSR count). The van der Waals surface area contributed by atoms with Crippen LogP contribution < -0.4 is 42.5 Å². The predicted molar refractivity (Wildman–Crippen MR) is 552 cm³/mol. The maximum Gasteiger partial charge on any atom is 3.00 e. The molecule has 22 heteroatoms. The van der Waals surface area contributed by atoms with Gasteiger partial charge in [0.2, 0.25) is 0 Å². The van der Waals surface area contributed by atoms with Crippen molar-refractivity contribution in [2.24, 2.45) is 21.7 Å². The average molecular weight is 3180 g/mol. The van der Waals surface area contributed by atoms with Crippen LogP contribution in [0.5, 0.6) is 0 Å². The largest absolute Gasteiger partial charge is 3.00 e. The van der Waals surface area contributed by atoms with E-state index in [1.165, 1.54) is 57.8 Å². The fourth-order valence-corrected chi connectivity index (χ4v) is 13.8. The summed E-state index contributed by atoms with van der Waals surface area (Å²) in [6.07, 6.45) is 12.5. The van der Waals surface area contributed by atoms with E-state index in [0.29, 0.717) is 52.6 Å². The Morgan fingerprint density at radius 2 is 0.555 bits per heavy atom. The Balaban J connectivity index is -0.0000000710. The maximum atomic E-state index is 6.15. The third-order valence-electron chi connectivity index (χ3n) is 22.7. The topological polar surface area (TPSA) is 170 Å². The van der Waals surface area contributed by atoms with E-state index in [1.54, 1.807) is 0 Å². The average Bonchev–Trinajstić information content (AvgIpc) is 1.62. The van der Waals surface area contributed by atoms with E-state index < -0.39 is 0 Å². The minimum atomic E-state index is -0.181. The Morgan fingerprint density at radius 3 is 0.688 bits per heavy atom. The van der Waals surface area contributed by atoms with E-state index in [9.17, 15) is 0 Å². The fraction of sp³-hybridized carbons (Fsp3) is 0.943. The molecule has 0 aromatic carbocycles. The monoisotopic (exact) mass is 3180 g/mol. The van der Waals surface area contributed by atoms with E-state index >= 15 is 0 Å². The molecule has 2 radical (unpaired) electrons. The number of ether oxygens (including phenoxy) is 8. The first-order valence-corrected chi connectivity index (χ1v) is 46.1. The van der Waals surface area contributed by atoms with Crippen molar-refractivity contribution in [3.8, 4) is 0 Å². The molecule has 4 saturated heterocycles. The zero-order valence-electron chi connectivity index (χ0n) is 98.8. The van der Waals surface area contributed by atoms with Gasteiger partial charge in [0.25, 0.3) is 0 Å². The van der Waals surface area contributed by atoms with Crippen molar-refractivity contribution in [2.75, 3.05) is 54.4 Å². The second-order valence-electron chi connectivity index (χ2n) is 50.1. The summed E-state index contributed by atoms with van der Waals surface area (Å²) in [5.74, 6) is 0. The van der Waals surface area contributed by atoms with Gasteiger partial charge in [-0.1, -0.05) is 76.2 Å². The Kier molecular flexibility index (Phi) is 97.3. The van der Waals surface area contributed by atoms with Gasteiger partial charge in [-0.2, -0.15) is 5.41 Å². The van der Waals surface area contributed by atoms with E-state index in [0.717, 1.165) is 26.2 Å². The molecule has 0 aromatic rings. The third kappa shape index (κ3) is 89.3. The molecule has 8 N–H and O–H groups in total. The van der Waals surface area contributed by atoms with Crippen molar-refractivity contribution < 1.29 is 225 Å². The smallest absolute Gasteiger partial charge is 0.371 e. The molecule has 4 aliphatic heterocycles. The van der Waals surface area contributed by atoms with Crippen LogP contribution in [-0.4, -0.2) is 192 Å². The van der Waals surface area contributed by atoms with Crippen molar-refractivity contribution in [3.05, 3.63) is 44.1 Å². The van der Waals surface area contributed by atoms with Crippen LogP contribution in [0.15, 0.2) is 0 Å². The molecule has 128 heavy (non-hydrogen) atoms. The minimum absolute atomic E-state index is 0. The molecule has 0 aromatic heterocycles. The van der Waals surface area contributed by atoms with Gasteiger partial charge in [0, 0.05) is 171 Å². The fourth-order valence-electron chi connectivity index (χ4n) is 13.8. The third-order valence-corrected chi connectivity index (χ3v) is 22.7. The second kappa shape index (κ2) is 72.1. The van der Waals surface area contributed by atoms with Crippen molar-refractivity contribution >= 4 is 0 Å². The summed E-state index contributed by atoms with van der Waals surface area (Å²) in [6.45, 7) is 127. The SMILES string of the molecule is CC(C)(C)CC(C)(C)C(C)(C)C.CC(C)(C)OC(C)(C)[C@@]1(C)CCCN1.CC(C)(C)OC(C)(C)[C@]1(C)CCCN1.CNC(C)(C)C(C)(C)OC(C)(C)C.CNC(C)(C)C(C)(C)OC(C)(C)C.CN[C@@H](C)[C@@H](C)OC(C)(C)C.CN[C@H](C)[C@H](C)OC(C)(C)C.C[C@@H](OC(C)(C)C)[C@@H]1CCCN1.C[C@H](OC(C)(C)C)[C@H]1CCCN1.[CH2-]C(C)(C)C.[CH3-].[CH3-].[CH3-].[CH3-].[CH3-].[U+3].[U+3].[U].[U].[U].[U]. The first kappa shape index (κ1) is 173. The summed E-state index contributed by atoms with van der Waals surface area (Å²) in [5, 5.41) is 26.9. The summed E-state index contributed by atoms with van der Waals surface area (Å²) in [7, 11) is 7.84. The Labute approximate surface area is 952 Å². The number of hydrogen-bond acceptors (Lipinski definition) is 16. The molecule has 0 spiro atoms. The van der Waals surface area contributed by atoms with Gasteiger partial charge in [-0.05, 0) is 433 Å². The van der Waals surface area contributed by atoms with Gasteiger partial charge in [-0.15, -0.1) is 0 Å². The zero-order chi connectivity index (χ0) is 95.1. The van der Waals surface area contributed by atoms with Crippen LogP contribution in [0.25, 0.3) is 0 Å². The van der Waals surface area contributed by atoms with E-state index in [-0.39, 0.29) is 331 Å². The molecule has 0 unspecified atom stereocenters. The predicted octanol–water partition coefficient (Wildman–Crippen LogP) is 26.7. The van der Waals surface area contributed by atoms with Crippen molar-refractivity contribution in [3.63, 3.8) is 0 Å². The Hall–Kier alpha value is 5.67. The zero-order valence-corrected chi connectivity index (χ0v) is 124. The molecule has 10 atom stereocenters. The van der Waals surface area contributed by atoms with Gasteiger partial charge in [0.15, 0.2) is 0 Å². The normalized spacial score (nSPS) is 19.6. The van der Waals surface area contributed by atoms with Gasteiger partial charge in [-0.25, -0.2) is 0 Å². The molecular formula is C106H236N8O8U6. The number of rotatable bonds is 21. The van der Waals surface area contributed by atoms with Crippen molar-refractivity contribution in [1.82, 2.24) is 42.5 Å². The summed E-state index contributed by atoms with van der Waals surface area (Å²) in [5.41, 5.74) is 0.693. The Morgan fingerprint density at radius 1 is 0.336 bits per heavy atom. The number of nitrogens with one attached hydrogen (secondary N) is 8. The van der Waals surface area contributed by atoms with Crippen molar-refractivity contribution in [1.29, 1.82) is 0 Å². The maximum absolute atomic E-state index is 6.15. The van der Waals surface area contributed by atoms with Gasteiger partial charge >= 0.3 is 62.2 Å². The molecule has 0 bridgehead atoms. The summed E-state index contributed by atoms with van der Waals surface area (Å²) >= 11 is 0. The van der Waals surface area contributed by atoms with Crippen LogP contribution in [0.3, 0.4) is 0 Å². The Bertz CT molecular complexity index is 2380. The van der Waals surface area contributed by atoms with E-state index in [2.05, 4.69) is 430 Å². The summed E-state index contributed by atoms with van der Waals surface area (Å²) < 4.78 is 47.5. The van der Waals surface area contributed by atoms with E-state index in [4.69, 9.17) is 37.9 Å². The molecule has 0 aliphatic carbocycles. The van der Waals surface area contributed by atoms with Gasteiger partial charge in [0.1, 0.15) is 0 Å². The summed E-state index contributed by atoms with van der Waals surface area (Å²) in [4.78, 5) is 0. The van der Waals surface area contributed by atoms with Gasteiger partial charge in [-0.3, -0.25) is 0 Å². The minimum Gasteiger partial charge on any atom is -0.371 e. The molecule has 0 amide bonds.